The van der Waals surface area contributed by atoms with Crippen molar-refractivity contribution in [2.45, 2.75) is 45.8 Å². The molecule has 1 aliphatic heterocycles. The third-order valence-electron chi connectivity index (χ3n) is 5.57. The van der Waals surface area contributed by atoms with E-state index in [1.807, 2.05) is 49.4 Å². The first-order valence-corrected chi connectivity index (χ1v) is 10.4. The Morgan fingerprint density at radius 3 is 2.32 bits per heavy atom. The van der Waals surface area contributed by atoms with Gasteiger partial charge in [0.1, 0.15) is 0 Å². The molecule has 0 saturated carbocycles. The van der Waals surface area contributed by atoms with Crippen molar-refractivity contribution < 1.29 is 23.8 Å². The minimum Gasteiger partial charge on any atom is -0.493 e. The van der Waals surface area contributed by atoms with Crippen molar-refractivity contribution in [1.82, 2.24) is 4.90 Å². The van der Waals surface area contributed by atoms with E-state index in [2.05, 4.69) is 0 Å². The Bertz CT molecular complexity index is 931. The van der Waals surface area contributed by atoms with Gasteiger partial charge in [0.05, 0.1) is 32.6 Å². The van der Waals surface area contributed by atoms with Crippen LogP contribution in [-0.2, 0) is 16.1 Å². The van der Waals surface area contributed by atoms with Crippen molar-refractivity contribution in [3.05, 3.63) is 53.6 Å². The minimum atomic E-state index is -0.388. The first-order chi connectivity index (χ1) is 14.9. The number of anilines is 1. The molecule has 0 N–H and O–H groups in total. The summed E-state index contributed by atoms with van der Waals surface area (Å²) in [5.41, 5.74) is 2.55. The van der Waals surface area contributed by atoms with Gasteiger partial charge in [0.25, 0.3) is 0 Å². The number of methoxy groups -OCH3 is 2. The Balaban J connectivity index is 2.14. The lowest BCUT2D eigenvalue weighted by molar-refractivity contribution is -0.117. The summed E-state index contributed by atoms with van der Waals surface area (Å²) in [6.45, 7) is 6.00. The number of rotatable bonds is 6. The van der Waals surface area contributed by atoms with Crippen LogP contribution in [0.3, 0.4) is 0 Å². The first kappa shape index (κ1) is 22.5. The highest BCUT2D eigenvalue weighted by atomic mass is 16.6. The summed E-state index contributed by atoms with van der Waals surface area (Å²) in [6.07, 6.45) is 0.189. The number of hydrogen-bond donors (Lipinski definition) is 0. The van der Waals surface area contributed by atoms with E-state index in [1.54, 1.807) is 37.9 Å². The Morgan fingerprint density at radius 1 is 1.10 bits per heavy atom. The third-order valence-corrected chi connectivity index (χ3v) is 5.57. The van der Waals surface area contributed by atoms with Crippen LogP contribution in [0.15, 0.2) is 42.5 Å². The zero-order chi connectivity index (χ0) is 22.5. The Kier molecular flexibility index (Phi) is 7.05. The fourth-order valence-electron chi connectivity index (χ4n) is 4.22. The highest BCUT2D eigenvalue weighted by molar-refractivity contribution is 5.94. The molecule has 0 unspecified atom stereocenters. The van der Waals surface area contributed by atoms with Gasteiger partial charge in [-0.15, -0.1) is 0 Å². The summed E-state index contributed by atoms with van der Waals surface area (Å²) >= 11 is 0. The molecule has 2 amide bonds. The first-order valence-electron chi connectivity index (χ1n) is 10.4. The van der Waals surface area contributed by atoms with E-state index in [9.17, 15) is 9.59 Å². The maximum Gasteiger partial charge on any atom is 0.410 e. The molecule has 2 aromatic carbocycles. The van der Waals surface area contributed by atoms with Gasteiger partial charge in [0, 0.05) is 31.1 Å². The van der Waals surface area contributed by atoms with Crippen LogP contribution in [-0.4, -0.2) is 43.8 Å². The van der Waals surface area contributed by atoms with E-state index in [0.717, 1.165) is 16.8 Å². The molecule has 166 valence electrons. The molecule has 1 aliphatic rings. The van der Waals surface area contributed by atoms with Gasteiger partial charge in [-0.05, 0) is 31.9 Å². The number of amides is 2. The molecule has 3 rings (SSSR count). The molecule has 0 bridgehead atoms. The molecule has 0 aliphatic carbocycles. The normalized spacial score (nSPS) is 17.5. The van der Waals surface area contributed by atoms with Crippen LogP contribution < -0.4 is 14.4 Å². The second-order valence-corrected chi connectivity index (χ2v) is 7.57. The average Bonchev–Trinajstić information content (AvgIpc) is 2.76. The highest BCUT2D eigenvalue weighted by Crippen LogP contribution is 2.46. The quantitative estimate of drug-likeness (QED) is 0.678. The lowest BCUT2D eigenvalue weighted by atomic mass is 9.89. The number of benzene rings is 2. The van der Waals surface area contributed by atoms with Crippen LogP contribution in [0.1, 0.15) is 44.4 Å². The Morgan fingerprint density at radius 2 is 1.74 bits per heavy atom. The molecule has 0 radical (unpaired) electrons. The van der Waals surface area contributed by atoms with Gasteiger partial charge in [-0.2, -0.15) is 0 Å². The van der Waals surface area contributed by atoms with Gasteiger partial charge >= 0.3 is 6.09 Å². The van der Waals surface area contributed by atoms with Crippen molar-refractivity contribution in [3.63, 3.8) is 0 Å². The highest BCUT2D eigenvalue weighted by Gasteiger charge is 2.38. The molecule has 0 saturated heterocycles. The molecule has 2 atom stereocenters. The number of ether oxygens (including phenoxy) is 3. The zero-order valence-corrected chi connectivity index (χ0v) is 18.8. The Hall–Kier alpha value is -3.22. The van der Waals surface area contributed by atoms with Crippen LogP contribution in [0.4, 0.5) is 10.5 Å². The minimum absolute atomic E-state index is 0.0647. The molecular weight excluding hydrogens is 396 g/mol. The smallest absolute Gasteiger partial charge is 0.410 e. The standard InChI is InChI=1S/C24H30N2O5/c1-6-31-24(28)25(15-18-10-8-7-9-11-18)20-12-16(2)26(17(3)27)21-14-23(30-5)22(29-4)13-19(20)21/h7-11,13-14,16,20H,6,12,15H2,1-5H3/t16-,20+/m0/s1. The molecule has 0 aromatic heterocycles. The van der Waals surface area contributed by atoms with Gasteiger partial charge < -0.3 is 19.1 Å². The van der Waals surface area contributed by atoms with Crippen molar-refractivity contribution in [1.29, 1.82) is 0 Å². The van der Waals surface area contributed by atoms with Crippen molar-refractivity contribution in [2.75, 3.05) is 25.7 Å². The largest absolute Gasteiger partial charge is 0.493 e. The second-order valence-electron chi connectivity index (χ2n) is 7.57. The topological polar surface area (TPSA) is 68.3 Å². The SMILES string of the molecule is CCOC(=O)N(Cc1ccccc1)[C@@H]1C[C@H](C)N(C(C)=O)c2cc(OC)c(OC)cc21. The summed E-state index contributed by atoms with van der Waals surface area (Å²) in [4.78, 5) is 29.0. The zero-order valence-electron chi connectivity index (χ0n) is 18.8. The van der Waals surface area contributed by atoms with Gasteiger partial charge in [-0.25, -0.2) is 4.79 Å². The molecule has 0 fully saturated rings. The van der Waals surface area contributed by atoms with Gasteiger partial charge in [0.2, 0.25) is 5.91 Å². The third kappa shape index (κ3) is 4.60. The number of hydrogen-bond acceptors (Lipinski definition) is 5. The van der Waals surface area contributed by atoms with Crippen LogP contribution in [0.25, 0.3) is 0 Å². The monoisotopic (exact) mass is 426 g/mol. The number of carbonyl (C=O) groups is 2. The van der Waals surface area contributed by atoms with Crippen LogP contribution >= 0.6 is 0 Å². The fraction of sp³-hybridized carbons (Fsp3) is 0.417. The predicted molar refractivity (Wildman–Crippen MR) is 119 cm³/mol. The molecule has 2 aromatic rings. The Labute approximate surface area is 183 Å². The van der Waals surface area contributed by atoms with Crippen LogP contribution in [0.5, 0.6) is 11.5 Å². The molecule has 31 heavy (non-hydrogen) atoms. The van der Waals surface area contributed by atoms with Crippen LogP contribution in [0, 0.1) is 0 Å². The number of fused-ring (bicyclic) bond motifs is 1. The van der Waals surface area contributed by atoms with Crippen molar-refractivity contribution in [3.8, 4) is 11.5 Å². The number of carbonyl (C=O) groups excluding carboxylic acids is 2. The van der Waals surface area contributed by atoms with Crippen molar-refractivity contribution >= 4 is 17.7 Å². The van der Waals surface area contributed by atoms with Gasteiger partial charge in [-0.1, -0.05) is 30.3 Å². The lowest BCUT2D eigenvalue weighted by Crippen LogP contribution is -2.47. The van der Waals surface area contributed by atoms with Gasteiger partial charge in [-0.3, -0.25) is 9.69 Å². The second kappa shape index (κ2) is 9.73. The maximum atomic E-state index is 13.0. The number of nitrogens with zero attached hydrogens (tertiary/aromatic N) is 2. The molecule has 7 heteroatoms. The summed E-state index contributed by atoms with van der Waals surface area (Å²) in [6, 6.07) is 13.1. The van der Waals surface area contributed by atoms with E-state index < -0.39 is 0 Å². The summed E-state index contributed by atoms with van der Waals surface area (Å²) in [5.74, 6) is 1.02. The average molecular weight is 427 g/mol. The lowest BCUT2D eigenvalue weighted by Gasteiger charge is -2.43. The predicted octanol–water partition coefficient (Wildman–Crippen LogP) is 4.55. The van der Waals surface area contributed by atoms with E-state index in [-0.39, 0.29) is 30.7 Å². The van der Waals surface area contributed by atoms with E-state index in [1.165, 1.54) is 0 Å². The molecule has 7 nitrogen and oxygen atoms in total. The van der Waals surface area contributed by atoms with Crippen LogP contribution in [0.2, 0.25) is 0 Å². The van der Waals surface area contributed by atoms with E-state index in [4.69, 9.17) is 14.2 Å². The fourth-order valence-corrected chi connectivity index (χ4v) is 4.22. The van der Waals surface area contributed by atoms with E-state index >= 15 is 0 Å². The molecule has 0 spiro atoms. The molecular formula is C24H30N2O5. The maximum absolute atomic E-state index is 13.0. The molecule has 1 heterocycles. The van der Waals surface area contributed by atoms with E-state index in [0.29, 0.717) is 24.5 Å². The summed E-state index contributed by atoms with van der Waals surface area (Å²) in [7, 11) is 3.13. The van der Waals surface area contributed by atoms with Crippen molar-refractivity contribution in [2.24, 2.45) is 0 Å². The van der Waals surface area contributed by atoms with Gasteiger partial charge in [0.15, 0.2) is 11.5 Å². The summed E-state index contributed by atoms with van der Waals surface area (Å²) < 4.78 is 16.4. The summed E-state index contributed by atoms with van der Waals surface area (Å²) in [5, 5.41) is 0.